The molecule has 0 saturated heterocycles. The first-order valence-corrected chi connectivity index (χ1v) is 11.9. The van der Waals surface area contributed by atoms with Crippen LogP contribution in [0.2, 0.25) is 0 Å². The summed E-state index contributed by atoms with van der Waals surface area (Å²) in [7, 11) is -2.31. The maximum Gasteiger partial charge on any atom is 0.338 e. The fourth-order valence-corrected chi connectivity index (χ4v) is 5.30. The minimum atomic E-state index is -3.86. The van der Waals surface area contributed by atoms with Gasteiger partial charge in [0.2, 0.25) is 10.0 Å². The summed E-state index contributed by atoms with van der Waals surface area (Å²) in [6, 6.07) is 10.9. The Morgan fingerprint density at radius 3 is 2.52 bits per heavy atom. The molecule has 0 aliphatic heterocycles. The molecule has 0 aromatic heterocycles. The number of carbonyl (C=O) groups is 2. The van der Waals surface area contributed by atoms with E-state index in [1.807, 2.05) is 0 Å². The lowest BCUT2D eigenvalue weighted by Crippen LogP contribution is -2.38. The summed E-state index contributed by atoms with van der Waals surface area (Å²) in [5.41, 5.74) is -0.277. The van der Waals surface area contributed by atoms with Crippen molar-refractivity contribution < 1.29 is 27.7 Å². The molecule has 10 nitrogen and oxygen atoms in total. The first-order valence-electron chi connectivity index (χ1n) is 10.5. The van der Waals surface area contributed by atoms with Crippen LogP contribution in [-0.4, -0.2) is 49.2 Å². The molecule has 0 unspecified atom stereocenters. The molecule has 2 aromatic rings. The number of hydrogen-bond donors (Lipinski definition) is 1. The lowest BCUT2D eigenvalue weighted by Gasteiger charge is -2.30. The zero-order chi connectivity index (χ0) is 24.0. The predicted octanol–water partition coefficient (Wildman–Crippen LogP) is 3.34. The van der Waals surface area contributed by atoms with E-state index in [2.05, 4.69) is 5.32 Å². The zero-order valence-corrected chi connectivity index (χ0v) is 18.9. The molecule has 11 heteroatoms. The molecule has 1 N–H and O–H groups in total. The van der Waals surface area contributed by atoms with Gasteiger partial charge in [-0.3, -0.25) is 14.9 Å². The van der Waals surface area contributed by atoms with E-state index in [1.165, 1.54) is 34.6 Å². The van der Waals surface area contributed by atoms with Crippen molar-refractivity contribution >= 4 is 33.3 Å². The largest absolute Gasteiger partial charge is 0.452 e. The van der Waals surface area contributed by atoms with Crippen molar-refractivity contribution in [3.63, 3.8) is 0 Å². The number of nitrogens with zero attached hydrogens (tertiary/aromatic N) is 2. The number of para-hydroxylation sites is 1. The van der Waals surface area contributed by atoms with Crippen LogP contribution in [0.3, 0.4) is 0 Å². The Kier molecular flexibility index (Phi) is 7.77. The average Bonchev–Trinajstić information content (AvgIpc) is 2.82. The van der Waals surface area contributed by atoms with Crippen molar-refractivity contribution in [2.45, 2.75) is 43.0 Å². The van der Waals surface area contributed by atoms with E-state index in [1.54, 1.807) is 19.2 Å². The maximum atomic E-state index is 13.2. The smallest absolute Gasteiger partial charge is 0.338 e. The van der Waals surface area contributed by atoms with Gasteiger partial charge in [-0.15, -0.1) is 0 Å². The van der Waals surface area contributed by atoms with Gasteiger partial charge >= 0.3 is 5.97 Å². The van der Waals surface area contributed by atoms with E-state index >= 15 is 0 Å². The van der Waals surface area contributed by atoms with Crippen molar-refractivity contribution in [1.82, 2.24) is 4.31 Å². The Balaban J connectivity index is 1.68. The first kappa shape index (κ1) is 24.3. The van der Waals surface area contributed by atoms with Crippen LogP contribution in [-0.2, 0) is 19.6 Å². The first-order chi connectivity index (χ1) is 15.7. The van der Waals surface area contributed by atoms with Crippen LogP contribution in [0.5, 0.6) is 0 Å². The number of nitrogens with one attached hydrogen (secondary N) is 1. The lowest BCUT2D eigenvalue weighted by atomic mass is 9.96. The number of amides is 1. The van der Waals surface area contributed by atoms with Crippen molar-refractivity contribution in [1.29, 1.82) is 0 Å². The molecule has 0 atom stereocenters. The molecule has 3 rings (SSSR count). The highest BCUT2D eigenvalue weighted by atomic mass is 32.2. The van der Waals surface area contributed by atoms with Crippen LogP contribution in [0.1, 0.15) is 42.5 Å². The van der Waals surface area contributed by atoms with E-state index in [0.29, 0.717) is 0 Å². The highest BCUT2D eigenvalue weighted by Crippen LogP contribution is 2.29. The molecular weight excluding hydrogens is 450 g/mol. The van der Waals surface area contributed by atoms with Gasteiger partial charge in [0.15, 0.2) is 6.61 Å². The number of benzene rings is 2. The quantitative estimate of drug-likeness (QED) is 0.351. The summed E-state index contributed by atoms with van der Waals surface area (Å²) < 4.78 is 32.7. The Morgan fingerprint density at radius 1 is 1.12 bits per heavy atom. The maximum absolute atomic E-state index is 13.2. The second-order valence-corrected chi connectivity index (χ2v) is 9.71. The van der Waals surface area contributed by atoms with Crippen molar-refractivity contribution in [3.8, 4) is 0 Å². The van der Waals surface area contributed by atoms with Crippen LogP contribution in [0, 0.1) is 10.1 Å². The number of rotatable bonds is 8. The molecule has 0 spiro atoms. The number of hydrogen-bond acceptors (Lipinski definition) is 7. The average molecular weight is 476 g/mol. The summed E-state index contributed by atoms with van der Waals surface area (Å²) in [6.45, 7) is -0.686. The van der Waals surface area contributed by atoms with Gasteiger partial charge in [-0.1, -0.05) is 37.5 Å². The highest BCUT2D eigenvalue weighted by molar-refractivity contribution is 7.89. The molecule has 0 heterocycles. The summed E-state index contributed by atoms with van der Waals surface area (Å²) >= 11 is 0. The third-order valence-corrected chi connectivity index (χ3v) is 7.50. The van der Waals surface area contributed by atoms with E-state index in [4.69, 9.17) is 4.74 Å². The van der Waals surface area contributed by atoms with Gasteiger partial charge < -0.3 is 10.1 Å². The van der Waals surface area contributed by atoms with Crippen LogP contribution < -0.4 is 5.32 Å². The molecule has 0 bridgehead atoms. The number of non-ortho nitro benzene ring substituents is 1. The van der Waals surface area contributed by atoms with Gasteiger partial charge in [-0.2, -0.15) is 4.31 Å². The lowest BCUT2D eigenvalue weighted by molar-refractivity contribution is -0.384. The SMILES string of the molecule is CN(C1CCCCC1)S(=O)(=O)c1ccccc1NC(=O)COC(=O)c1cccc([N+](=O)[O-])c1. The van der Waals surface area contributed by atoms with Gasteiger partial charge in [0.1, 0.15) is 4.90 Å². The van der Waals surface area contributed by atoms with Crippen LogP contribution in [0.4, 0.5) is 11.4 Å². The zero-order valence-electron chi connectivity index (χ0n) is 18.1. The number of ether oxygens (including phenoxy) is 1. The molecule has 1 aliphatic carbocycles. The standard InChI is InChI=1S/C22H25N3O7S/c1-24(17-9-3-2-4-10-17)33(30,31)20-13-6-5-12-19(20)23-21(26)15-32-22(27)16-8-7-11-18(14-16)25(28)29/h5-8,11-14,17H,2-4,9-10,15H2,1H3,(H,23,26). The Bertz CT molecular complexity index is 1140. The minimum absolute atomic E-state index is 0.0450. The number of carbonyl (C=O) groups excluding carboxylic acids is 2. The summed E-state index contributed by atoms with van der Waals surface area (Å²) in [6.07, 6.45) is 4.61. The monoisotopic (exact) mass is 475 g/mol. The van der Waals surface area contributed by atoms with Gasteiger partial charge in [0.25, 0.3) is 11.6 Å². The Morgan fingerprint density at radius 2 is 1.82 bits per heavy atom. The molecule has 1 saturated carbocycles. The molecule has 33 heavy (non-hydrogen) atoms. The molecule has 1 aliphatic rings. The normalized spacial score (nSPS) is 14.6. The summed E-state index contributed by atoms with van der Waals surface area (Å²) in [5.74, 6) is -1.65. The third kappa shape index (κ3) is 5.93. The van der Waals surface area contributed by atoms with Crippen molar-refractivity contribution in [2.24, 2.45) is 0 Å². The molecule has 1 fully saturated rings. The van der Waals surface area contributed by atoms with Crippen LogP contribution in [0.25, 0.3) is 0 Å². The summed E-state index contributed by atoms with van der Waals surface area (Å²) in [5, 5.41) is 13.3. The predicted molar refractivity (Wildman–Crippen MR) is 120 cm³/mol. The fourth-order valence-electron chi connectivity index (χ4n) is 3.74. The van der Waals surface area contributed by atoms with E-state index < -0.39 is 33.4 Å². The number of sulfonamides is 1. The molecule has 176 valence electrons. The molecule has 0 radical (unpaired) electrons. The number of nitro groups is 1. The fraction of sp³-hybridized carbons (Fsp3) is 0.364. The molecule has 1 amide bonds. The van der Waals surface area contributed by atoms with E-state index in [-0.39, 0.29) is 27.9 Å². The second-order valence-electron chi connectivity index (χ2n) is 7.74. The minimum Gasteiger partial charge on any atom is -0.452 e. The highest BCUT2D eigenvalue weighted by Gasteiger charge is 2.31. The van der Waals surface area contributed by atoms with Crippen LogP contribution in [0.15, 0.2) is 53.4 Å². The number of esters is 1. The molecule has 2 aromatic carbocycles. The molecular formula is C22H25N3O7S. The van der Waals surface area contributed by atoms with Gasteiger partial charge in [-0.25, -0.2) is 13.2 Å². The van der Waals surface area contributed by atoms with E-state index in [0.717, 1.165) is 38.2 Å². The number of anilines is 1. The topological polar surface area (TPSA) is 136 Å². The van der Waals surface area contributed by atoms with Crippen molar-refractivity contribution in [3.05, 3.63) is 64.2 Å². The van der Waals surface area contributed by atoms with Crippen LogP contribution >= 0.6 is 0 Å². The van der Waals surface area contributed by atoms with Gasteiger partial charge in [0.05, 0.1) is 16.2 Å². The van der Waals surface area contributed by atoms with E-state index in [9.17, 15) is 28.1 Å². The Hall–Kier alpha value is -3.31. The number of nitro benzene ring substituents is 1. The summed E-state index contributed by atoms with van der Waals surface area (Å²) in [4.78, 5) is 34.7. The Labute approximate surface area is 191 Å². The van der Waals surface area contributed by atoms with Crippen molar-refractivity contribution in [2.75, 3.05) is 19.0 Å². The third-order valence-electron chi connectivity index (χ3n) is 5.53. The van der Waals surface area contributed by atoms with Gasteiger partial charge in [0, 0.05) is 25.2 Å². The second kappa shape index (κ2) is 10.5. The van der Waals surface area contributed by atoms with Gasteiger partial charge in [-0.05, 0) is 31.0 Å².